The Kier molecular flexibility index (Phi) is 9.75. The lowest BCUT2D eigenvalue weighted by Gasteiger charge is -2.35. The highest BCUT2D eigenvalue weighted by Gasteiger charge is 2.23. The maximum Gasteiger partial charge on any atom is 0.217 e. The summed E-state index contributed by atoms with van der Waals surface area (Å²) in [4.78, 5) is 17.8. The average Bonchev–Trinajstić information content (AvgIpc) is 2.57. The van der Waals surface area contributed by atoms with Crippen LogP contribution in [0.2, 0.25) is 0 Å². The van der Waals surface area contributed by atoms with Crippen molar-refractivity contribution in [3.05, 3.63) is 29.8 Å². The maximum atomic E-state index is 11.2. The number of nitrogens with two attached hydrogens (primary N) is 1. The number of halogens is 1. The van der Waals surface area contributed by atoms with Crippen molar-refractivity contribution in [3.8, 4) is 5.75 Å². The van der Waals surface area contributed by atoms with E-state index < -0.39 is 0 Å². The highest BCUT2D eigenvalue weighted by molar-refractivity contribution is 14.0. The number of benzene rings is 1. The number of carbonyl (C=O) groups excluding carboxylic acids is 1. The number of hydrogen-bond donors (Lipinski definition) is 2. The van der Waals surface area contributed by atoms with Crippen LogP contribution in [-0.2, 0) is 4.79 Å². The lowest BCUT2D eigenvalue weighted by molar-refractivity contribution is -0.119. The van der Waals surface area contributed by atoms with Crippen LogP contribution >= 0.6 is 24.0 Å². The number of carbonyl (C=O) groups is 1. The van der Waals surface area contributed by atoms with Gasteiger partial charge in [0.05, 0.1) is 6.54 Å². The number of rotatable bonds is 6. The van der Waals surface area contributed by atoms with Crippen LogP contribution in [0.5, 0.6) is 5.75 Å². The van der Waals surface area contributed by atoms with Crippen molar-refractivity contribution in [2.45, 2.75) is 39.2 Å². The maximum absolute atomic E-state index is 11.2. The van der Waals surface area contributed by atoms with Gasteiger partial charge in [0.15, 0.2) is 5.96 Å². The molecule has 1 amide bonds. The van der Waals surface area contributed by atoms with Gasteiger partial charge in [-0.25, -0.2) is 0 Å². The summed E-state index contributed by atoms with van der Waals surface area (Å²) in [7, 11) is 1.78. The van der Waals surface area contributed by atoms with E-state index in [2.05, 4.69) is 15.2 Å². The molecule has 7 heteroatoms. The first-order chi connectivity index (χ1) is 12.0. The van der Waals surface area contributed by atoms with Crippen LogP contribution in [0.3, 0.4) is 0 Å². The molecular weight excluding hydrogens is 443 g/mol. The highest BCUT2D eigenvalue weighted by atomic mass is 127. The minimum atomic E-state index is -0.227. The number of likely N-dealkylation sites (tertiary alicyclic amines) is 1. The molecule has 26 heavy (non-hydrogen) atoms. The van der Waals surface area contributed by atoms with Crippen molar-refractivity contribution in [1.29, 1.82) is 0 Å². The van der Waals surface area contributed by atoms with Crippen LogP contribution < -0.4 is 15.8 Å². The summed E-state index contributed by atoms with van der Waals surface area (Å²) >= 11 is 0. The van der Waals surface area contributed by atoms with Gasteiger partial charge in [0, 0.05) is 26.6 Å². The van der Waals surface area contributed by atoms with Crippen LogP contribution in [0.1, 0.15) is 31.7 Å². The van der Waals surface area contributed by atoms with Gasteiger partial charge in [-0.05, 0) is 44.2 Å². The molecule has 0 bridgehead atoms. The van der Waals surface area contributed by atoms with E-state index in [9.17, 15) is 4.79 Å². The number of para-hydroxylation sites is 1. The molecule has 1 aromatic carbocycles. The van der Waals surface area contributed by atoms with E-state index in [1.807, 2.05) is 38.1 Å². The summed E-state index contributed by atoms with van der Waals surface area (Å²) in [5, 5.41) is 3.39. The molecule has 3 N–H and O–H groups in total. The third-order valence-corrected chi connectivity index (χ3v) is 4.49. The minimum absolute atomic E-state index is 0. The third-order valence-electron chi connectivity index (χ3n) is 4.49. The quantitative estimate of drug-likeness (QED) is 0.378. The van der Waals surface area contributed by atoms with Crippen LogP contribution in [-0.4, -0.2) is 49.6 Å². The normalized spacial score (nSPS) is 18.7. The molecule has 2 atom stereocenters. The summed E-state index contributed by atoms with van der Waals surface area (Å²) < 4.78 is 6.00. The second-order valence-corrected chi connectivity index (χ2v) is 6.75. The Hall–Kier alpha value is -1.51. The van der Waals surface area contributed by atoms with E-state index in [-0.39, 0.29) is 36.0 Å². The molecule has 2 rings (SSSR count). The molecule has 1 aliphatic rings. The topological polar surface area (TPSA) is 80.0 Å². The number of aliphatic imine (C=N–C) groups is 1. The molecule has 6 nitrogen and oxygen atoms in total. The Morgan fingerprint density at radius 2 is 2.19 bits per heavy atom. The summed E-state index contributed by atoms with van der Waals surface area (Å²) in [5.41, 5.74) is 6.47. The van der Waals surface area contributed by atoms with Gasteiger partial charge in [-0.2, -0.15) is 0 Å². The van der Waals surface area contributed by atoms with E-state index in [0.717, 1.165) is 43.2 Å². The fraction of sp³-hybridized carbons (Fsp3) is 0.579. The molecular formula is C19H31IN4O2. The molecule has 1 heterocycles. The Morgan fingerprint density at radius 3 is 2.85 bits per heavy atom. The molecule has 1 fully saturated rings. The number of amides is 1. The number of nitrogens with zero attached hydrogens (tertiary/aromatic N) is 2. The van der Waals surface area contributed by atoms with E-state index in [1.165, 1.54) is 0 Å². The Balaban J connectivity index is 0.00000338. The van der Waals surface area contributed by atoms with Gasteiger partial charge < -0.3 is 20.7 Å². The van der Waals surface area contributed by atoms with Crippen LogP contribution in [0.4, 0.5) is 0 Å². The number of nitrogens with one attached hydrogen (secondary N) is 1. The van der Waals surface area contributed by atoms with Gasteiger partial charge in [-0.1, -0.05) is 18.2 Å². The number of guanidine groups is 1. The first-order valence-corrected chi connectivity index (χ1v) is 8.95. The lowest BCUT2D eigenvalue weighted by atomic mass is 9.95. The lowest BCUT2D eigenvalue weighted by Crippen LogP contribution is -2.49. The van der Waals surface area contributed by atoms with Gasteiger partial charge in [0.25, 0.3) is 0 Å². The fourth-order valence-electron chi connectivity index (χ4n) is 3.22. The first-order valence-electron chi connectivity index (χ1n) is 8.95. The summed E-state index contributed by atoms with van der Waals surface area (Å²) in [6.07, 6.45) is 2.56. The molecule has 1 aromatic rings. The van der Waals surface area contributed by atoms with Crippen molar-refractivity contribution < 1.29 is 9.53 Å². The van der Waals surface area contributed by atoms with E-state index in [0.29, 0.717) is 18.9 Å². The average molecular weight is 474 g/mol. The van der Waals surface area contributed by atoms with E-state index in [4.69, 9.17) is 10.5 Å². The standard InChI is InChI=1S/C19H30N4O2.HI/c1-14-7-4-5-9-17(14)25-15(2)12-22-19(21-3)23-10-6-8-16(13-23)11-18(20)24;/h4-5,7,9,15-16H,6,8,10-13H2,1-3H3,(H2,20,24)(H,21,22);1H. The molecule has 0 spiro atoms. The zero-order valence-electron chi connectivity index (χ0n) is 15.9. The number of piperidine rings is 1. The molecule has 0 radical (unpaired) electrons. The third kappa shape index (κ3) is 7.01. The Morgan fingerprint density at radius 1 is 1.46 bits per heavy atom. The fourth-order valence-corrected chi connectivity index (χ4v) is 3.22. The molecule has 2 unspecified atom stereocenters. The number of primary amides is 1. The van der Waals surface area contributed by atoms with Crippen molar-refractivity contribution in [1.82, 2.24) is 10.2 Å². The second-order valence-electron chi connectivity index (χ2n) is 6.75. The summed E-state index contributed by atoms with van der Waals surface area (Å²) in [6, 6.07) is 8.01. The van der Waals surface area contributed by atoms with Crippen LogP contribution in [0.25, 0.3) is 0 Å². The van der Waals surface area contributed by atoms with Crippen molar-refractivity contribution in [3.63, 3.8) is 0 Å². The van der Waals surface area contributed by atoms with Gasteiger partial charge in [-0.3, -0.25) is 9.79 Å². The van der Waals surface area contributed by atoms with E-state index in [1.54, 1.807) is 7.05 Å². The van der Waals surface area contributed by atoms with Crippen molar-refractivity contribution in [2.75, 3.05) is 26.7 Å². The summed E-state index contributed by atoms with van der Waals surface area (Å²) in [6.45, 7) is 6.51. The van der Waals surface area contributed by atoms with Gasteiger partial charge in [0.2, 0.25) is 5.91 Å². The molecule has 1 aliphatic heterocycles. The predicted octanol–water partition coefficient (Wildman–Crippen LogP) is 2.54. The number of aryl methyl sites for hydroxylation is 1. The van der Waals surface area contributed by atoms with Gasteiger partial charge in [-0.15, -0.1) is 24.0 Å². The molecule has 1 saturated heterocycles. The molecule has 0 aliphatic carbocycles. The number of ether oxygens (including phenoxy) is 1. The van der Waals surface area contributed by atoms with Gasteiger partial charge >= 0.3 is 0 Å². The number of hydrogen-bond acceptors (Lipinski definition) is 3. The van der Waals surface area contributed by atoms with Crippen molar-refractivity contribution >= 4 is 35.8 Å². The highest BCUT2D eigenvalue weighted by Crippen LogP contribution is 2.20. The predicted molar refractivity (Wildman–Crippen MR) is 116 cm³/mol. The Bertz CT molecular complexity index is 609. The monoisotopic (exact) mass is 474 g/mol. The van der Waals surface area contributed by atoms with Crippen molar-refractivity contribution in [2.24, 2.45) is 16.6 Å². The minimum Gasteiger partial charge on any atom is -0.489 e. The zero-order valence-corrected chi connectivity index (χ0v) is 18.2. The van der Waals surface area contributed by atoms with Gasteiger partial charge in [0.1, 0.15) is 11.9 Å². The largest absolute Gasteiger partial charge is 0.489 e. The smallest absolute Gasteiger partial charge is 0.217 e. The first kappa shape index (κ1) is 22.5. The molecule has 146 valence electrons. The molecule has 0 saturated carbocycles. The second kappa shape index (κ2) is 11.3. The van der Waals surface area contributed by atoms with E-state index >= 15 is 0 Å². The van der Waals surface area contributed by atoms with Crippen LogP contribution in [0, 0.1) is 12.8 Å². The molecule has 0 aromatic heterocycles. The zero-order chi connectivity index (χ0) is 18.2. The summed E-state index contributed by atoms with van der Waals surface area (Å²) in [5.74, 6) is 1.85. The Labute approximate surface area is 173 Å². The SMILES string of the molecule is CN=C(NCC(C)Oc1ccccc1C)N1CCCC(CC(N)=O)C1.I. The van der Waals surface area contributed by atoms with Crippen LogP contribution in [0.15, 0.2) is 29.3 Å².